The summed E-state index contributed by atoms with van der Waals surface area (Å²) in [6.45, 7) is 10.1. The van der Waals surface area contributed by atoms with Crippen molar-refractivity contribution in [2.45, 2.75) is 59.1 Å². The van der Waals surface area contributed by atoms with Crippen molar-refractivity contribution in [3.63, 3.8) is 0 Å². The fraction of sp³-hybridized carbons (Fsp3) is 0.571. The zero-order valence-corrected chi connectivity index (χ0v) is 18.6. The van der Waals surface area contributed by atoms with Gasteiger partial charge in [-0.25, -0.2) is 9.59 Å². The lowest BCUT2D eigenvalue weighted by Gasteiger charge is -2.31. The molecule has 0 bridgehead atoms. The van der Waals surface area contributed by atoms with E-state index in [1.54, 1.807) is 20.8 Å². The van der Waals surface area contributed by atoms with Crippen molar-refractivity contribution in [2.24, 2.45) is 5.92 Å². The van der Waals surface area contributed by atoms with Gasteiger partial charge in [0.1, 0.15) is 5.69 Å². The molecule has 0 aromatic heterocycles. The number of ether oxygens (including phenoxy) is 1. The van der Waals surface area contributed by atoms with Crippen LogP contribution in [0.2, 0.25) is 0 Å². The van der Waals surface area contributed by atoms with Gasteiger partial charge in [-0.15, -0.1) is 0 Å². The summed E-state index contributed by atoms with van der Waals surface area (Å²) in [6, 6.07) is 3.43. The second kappa shape index (κ2) is 9.76. The number of anilines is 1. The molecule has 1 aromatic carbocycles. The molecule has 2 rings (SSSR count). The first-order valence-electron chi connectivity index (χ1n) is 10.2. The molecule has 31 heavy (non-hydrogen) atoms. The van der Waals surface area contributed by atoms with E-state index in [2.05, 4.69) is 17.6 Å². The van der Waals surface area contributed by atoms with Crippen LogP contribution < -0.4 is 15.5 Å². The molecule has 0 spiro atoms. The quantitative estimate of drug-likeness (QED) is 0.414. The maximum atomic E-state index is 12.4. The Bertz CT molecular complexity index is 856. The fourth-order valence-electron chi connectivity index (χ4n) is 3.18. The fourth-order valence-corrected chi connectivity index (χ4v) is 3.18. The minimum absolute atomic E-state index is 0.0420. The molecule has 1 heterocycles. The number of hydrogen-bond acceptors (Lipinski definition) is 7. The van der Waals surface area contributed by atoms with E-state index in [1.807, 2.05) is 4.90 Å². The van der Waals surface area contributed by atoms with Crippen LogP contribution >= 0.6 is 0 Å². The molecule has 0 aliphatic carbocycles. The molecule has 170 valence electrons. The highest BCUT2D eigenvalue weighted by molar-refractivity contribution is 5.99. The van der Waals surface area contributed by atoms with E-state index in [4.69, 9.17) is 4.74 Å². The monoisotopic (exact) mass is 434 g/mol. The number of esters is 1. The number of carbonyl (C=O) groups is 3. The number of amides is 3. The van der Waals surface area contributed by atoms with E-state index >= 15 is 0 Å². The van der Waals surface area contributed by atoms with E-state index in [9.17, 15) is 24.5 Å². The first kappa shape index (κ1) is 24.1. The zero-order valence-electron chi connectivity index (χ0n) is 18.6. The Morgan fingerprint density at radius 1 is 1.23 bits per heavy atom. The second-order valence-electron chi connectivity index (χ2n) is 8.87. The van der Waals surface area contributed by atoms with Crippen LogP contribution in [0.1, 0.15) is 57.8 Å². The predicted molar refractivity (Wildman–Crippen MR) is 115 cm³/mol. The summed E-state index contributed by atoms with van der Waals surface area (Å²) < 4.78 is 5.10. The van der Waals surface area contributed by atoms with Gasteiger partial charge in [0, 0.05) is 24.7 Å². The van der Waals surface area contributed by atoms with Crippen LogP contribution in [0.4, 0.5) is 16.2 Å². The van der Waals surface area contributed by atoms with Gasteiger partial charge in [0.05, 0.1) is 10.5 Å². The van der Waals surface area contributed by atoms with E-state index in [-0.39, 0.29) is 11.3 Å². The Morgan fingerprint density at radius 3 is 2.39 bits per heavy atom. The lowest BCUT2D eigenvalue weighted by molar-refractivity contribution is -0.384. The highest BCUT2D eigenvalue weighted by atomic mass is 16.6. The normalized spacial score (nSPS) is 15.7. The van der Waals surface area contributed by atoms with Crippen molar-refractivity contribution in [2.75, 3.05) is 18.0 Å². The lowest BCUT2D eigenvalue weighted by Crippen LogP contribution is -2.50. The predicted octanol–water partition coefficient (Wildman–Crippen LogP) is 3.00. The van der Waals surface area contributed by atoms with E-state index in [1.165, 1.54) is 19.1 Å². The number of carbonyl (C=O) groups excluding carboxylic acids is 3. The van der Waals surface area contributed by atoms with Crippen molar-refractivity contribution < 1.29 is 24.0 Å². The molecule has 1 fully saturated rings. The first-order valence-corrected chi connectivity index (χ1v) is 10.2. The molecule has 2 N–H and O–H groups in total. The smallest absolute Gasteiger partial charge is 0.339 e. The van der Waals surface area contributed by atoms with Gasteiger partial charge in [0.15, 0.2) is 6.10 Å². The number of benzene rings is 1. The Hall–Kier alpha value is -3.17. The summed E-state index contributed by atoms with van der Waals surface area (Å²) in [5, 5.41) is 16.2. The van der Waals surface area contributed by atoms with Crippen LogP contribution in [0, 0.1) is 16.0 Å². The largest absolute Gasteiger partial charge is 0.449 e. The summed E-state index contributed by atoms with van der Waals surface area (Å²) in [7, 11) is 0. The lowest BCUT2D eigenvalue weighted by atomic mass is 9.98. The maximum Gasteiger partial charge on any atom is 0.339 e. The molecule has 0 unspecified atom stereocenters. The second-order valence-corrected chi connectivity index (χ2v) is 8.87. The number of rotatable bonds is 5. The number of nitrogens with one attached hydrogen (secondary N) is 2. The molecular weight excluding hydrogens is 404 g/mol. The van der Waals surface area contributed by atoms with Gasteiger partial charge in [-0.1, -0.05) is 6.92 Å². The molecule has 1 aliphatic heterocycles. The van der Waals surface area contributed by atoms with Gasteiger partial charge in [0.25, 0.3) is 11.6 Å². The molecule has 1 aliphatic rings. The van der Waals surface area contributed by atoms with E-state index < -0.39 is 34.5 Å². The van der Waals surface area contributed by atoms with Gasteiger partial charge < -0.3 is 15.0 Å². The SMILES string of the molecule is CC1CCN(c2ccc(C(=O)O[C@H](C)C(=O)NC(=O)NC(C)(C)C)cc2[N+](=O)[O-])CC1. The summed E-state index contributed by atoms with van der Waals surface area (Å²) in [5.74, 6) is -1.12. The molecule has 10 heteroatoms. The van der Waals surface area contributed by atoms with Gasteiger partial charge >= 0.3 is 12.0 Å². The van der Waals surface area contributed by atoms with Crippen LogP contribution in [-0.4, -0.2) is 47.6 Å². The summed E-state index contributed by atoms with van der Waals surface area (Å²) in [4.78, 5) is 49.3. The van der Waals surface area contributed by atoms with Crippen LogP contribution in [0.25, 0.3) is 0 Å². The summed E-state index contributed by atoms with van der Waals surface area (Å²) >= 11 is 0. The third-order valence-electron chi connectivity index (χ3n) is 4.91. The average Bonchev–Trinajstić information content (AvgIpc) is 2.66. The molecule has 1 aromatic rings. The molecule has 1 saturated heterocycles. The van der Waals surface area contributed by atoms with Crippen molar-refractivity contribution in [3.8, 4) is 0 Å². The van der Waals surface area contributed by atoms with Crippen molar-refractivity contribution in [1.29, 1.82) is 0 Å². The molecule has 0 radical (unpaired) electrons. The molecule has 1 atom stereocenters. The van der Waals surface area contributed by atoms with Crippen LogP contribution in [0.15, 0.2) is 18.2 Å². The number of piperidine rings is 1. The standard InChI is InChI=1S/C21H30N4O6/c1-13-8-10-24(11-9-13)16-7-6-15(12-17(16)25(29)30)19(27)31-14(2)18(26)22-20(28)23-21(3,4)5/h6-7,12-14H,8-11H2,1-5H3,(H2,22,23,26,28)/t14-/m1/s1. The van der Waals surface area contributed by atoms with Gasteiger partial charge in [-0.05, 0) is 58.6 Å². The van der Waals surface area contributed by atoms with Crippen LogP contribution in [-0.2, 0) is 9.53 Å². The van der Waals surface area contributed by atoms with Gasteiger partial charge in [-0.2, -0.15) is 0 Å². The van der Waals surface area contributed by atoms with E-state index in [0.717, 1.165) is 18.9 Å². The van der Waals surface area contributed by atoms with Gasteiger partial charge in [-0.3, -0.25) is 20.2 Å². The number of imide groups is 1. The third-order valence-corrected chi connectivity index (χ3v) is 4.91. The van der Waals surface area contributed by atoms with Crippen molar-refractivity contribution >= 4 is 29.3 Å². The van der Waals surface area contributed by atoms with E-state index in [0.29, 0.717) is 24.7 Å². The zero-order chi connectivity index (χ0) is 23.3. The summed E-state index contributed by atoms with van der Waals surface area (Å²) in [5.41, 5.74) is -0.319. The molecular formula is C21H30N4O6. The Balaban J connectivity index is 2.07. The Morgan fingerprint density at radius 2 is 1.84 bits per heavy atom. The topological polar surface area (TPSA) is 131 Å². The number of nitro benzene ring substituents is 1. The van der Waals surface area contributed by atoms with Crippen LogP contribution in [0.5, 0.6) is 0 Å². The number of nitrogens with zero attached hydrogens (tertiary/aromatic N) is 2. The highest BCUT2D eigenvalue weighted by Crippen LogP contribution is 2.32. The van der Waals surface area contributed by atoms with Gasteiger partial charge in [0.2, 0.25) is 0 Å². The van der Waals surface area contributed by atoms with Crippen molar-refractivity contribution in [1.82, 2.24) is 10.6 Å². The van der Waals surface area contributed by atoms with Crippen molar-refractivity contribution in [3.05, 3.63) is 33.9 Å². The number of nitro groups is 1. The van der Waals surface area contributed by atoms with Crippen LogP contribution in [0.3, 0.4) is 0 Å². The third kappa shape index (κ3) is 6.94. The summed E-state index contributed by atoms with van der Waals surface area (Å²) in [6.07, 6.45) is 0.618. The molecule has 0 saturated carbocycles. The minimum atomic E-state index is -1.26. The highest BCUT2D eigenvalue weighted by Gasteiger charge is 2.27. The maximum absolute atomic E-state index is 12.4. The molecule has 3 amide bonds. The average molecular weight is 434 g/mol. The number of hydrogen-bond donors (Lipinski definition) is 2. The number of urea groups is 1. The first-order chi connectivity index (χ1) is 14.4. The Labute approximate surface area is 181 Å². The molecule has 10 nitrogen and oxygen atoms in total. The minimum Gasteiger partial charge on any atom is -0.449 e. The Kier molecular flexibility index (Phi) is 7.59.